The summed E-state index contributed by atoms with van der Waals surface area (Å²) in [5, 5.41) is 10.6. The number of aliphatic imine (C=N–C) groups is 1. The monoisotopic (exact) mass is 476 g/mol. The molecular weight excluding hydrogens is 447 g/mol. The highest BCUT2D eigenvalue weighted by molar-refractivity contribution is 14.0. The smallest absolute Gasteiger partial charge is 0.191 e. The molecule has 7 heteroatoms. The van der Waals surface area contributed by atoms with Crippen molar-refractivity contribution in [3.63, 3.8) is 0 Å². The molecule has 0 bridgehead atoms. The van der Waals surface area contributed by atoms with Crippen LogP contribution in [0.1, 0.15) is 25.7 Å². The van der Waals surface area contributed by atoms with Gasteiger partial charge in [0.25, 0.3) is 0 Å². The summed E-state index contributed by atoms with van der Waals surface area (Å²) < 4.78 is 5.35. The molecule has 0 aromatic carbocycles. The van der Waals surface area contributed by atoms with Crippen molar-refractivity contribution in [3.8, 4) is 0 Å². The van der Waals surface area contributed by atoms with E-state index in [1.165, 1.54) is 10.6 Å². The minimum atomic E-state index is 0. The maximum absolute atomic E-state index is 5.35. The number of anilines is 1. The van der Waals surface area contributed by atoms with Gasteiger partial charge in [0, 0.05) is 32.7 Å². The van der Waals surface area contributed by atoms with Gasteiger partial charge in [0.2, 0.25) is 0 Å². The number of nitrogens with zero attached hydrogens (tertiary/aromatic N) is 2. The fourth-order valence-electron chi connectivity index (χ4n) is 3.22. The Bertz CT molecular complexity index is 553. The minimum absolute atomic E-state index is 0. The van der Waals surface area contributed by atoms with Crippen molar-refractivity contribution < 1.29 is 4.74 Å². The van der Waals surface area contributed by atoms with Gasteiger partial charge < -0.3 is 20.3 Å². The lowest BCUT2D eigenvalue weighted by atomic mass is 10.1. The molecule has 25 heavy (non-hydrogen) atoms. The maximum Gasteiger partial charge on any atom is 0.191 e. The van der Waals surface area contributed by atoms with E-state index in [0.717, 1.165) is 64.5 Å². The third-order valence-electron chi connectivity index (χ3n) is 4.67. The van der Waals surface area contributed by atoms with Crippen LogP contribution in [-0.4, -0.2) is 51.9 Å². The molecule has 0 amide bonds. The van der Waals surface area contributed by atoms with E-state index < -0.39 is 0 Å². The van der Waals surface area contributed by atoms with Gasteiger partial charge in [-0.2, -0.15) is 0 Å². The number of ether oxygens (including phenoxy) is 1. The van der Waals surface area contributed by atoms with E-state index in [2.05, 4.69) is 44.1 Å². The zero-order valence-electron chi connectivity index (χ0n) is 14.9. The summed E-state index contributed by atoms with van der Waals surface area (Å²) in [6, 6.07) is 4.85. The summed E-state index contributed by atoms with van der Waals surface area (Å²) in [6.07, 6.45) is 6.65. The molecule has 2 aliphatic rings. The Morgan fingerprint density at radius 1 is 1.40 bits per heavy atom. The topological polar surface area (TPSA) is 48.9 Å². The first-order chi connectivity index (χ1) is 11.8. The number of nitrogens with one attached hydrogen (secondary N) is 2. The fraction of sp³-hybridized carbons (Fsp3) is 0.611. The second-order valence-electron chi connectivity index (χ2n) is 6.29. The molecule has 3 heterocycles. The number of piperidine rings is 1. The van der Waals surface area contributed by atoms with Crippen molar-refractivity contribution in [1.29, 1.82) is 0 Å². The largest absolute Gasteiger partial charge is 0.377 e. The van der Waals surface area contributed by atoms with Crippen molar-refractivity contribution in [2.24, 2.45) is 4.99 Å². The summed E-state index contributed by atoms with van der Waals surface area (Å²) >= 11 is 1.83. The third-order valence-corrected chi connectivity index (χ3v) is 5.60. The summed E-state index contributed by atoms with van der Waals surface area (Å²) in [6.45, 7) is 4.79. The normalized spacial score (nSPS) is 19.2. The lowest BCUT2D eigenvalue weighted by Crippen LogP contribution is -2.48. The first kappa shape index (κ1) is 20.5. The van der Waals surface area contributed by atoms with Crippen LogP contribution in [0, 0.1) is 0 Å². The van der Waals surface area contributed by atoms with Crippen LogP contribution in [0.15, 0.2) is 34.2 Å². The summed E-state index contributed by atoms with van der Waals surface area (Å²) in [5.41, 5.74) is 1.49. The van der Waals surface area contributed by atoms with Gasteiger partial charge in [-0.25, -0.2) is 0 Å². The lowest BCUT2D eigenvalue weighted by molar-refractivity contribution is 0.153. The zero-order chi connectivity index (χ0) is 16.6. The van der Waals surface area contributed by atoms with E-state index in [4.69, 9.17) is 4.74 Å². The van der Waals surface area contributed by atoms with Crippen molar-refractivity contribution in [1.82, 2.24) is 10.6 Å². The van der Waals surface area contributed by atoms with Gasteiger partial charge in [-0.1, -0.05) is 11.6 Å². The average Bonchev–Trinajstić information content (AvgIpc) is 3.17. The van der Waals surface area contributed by atoms with Gasteiger partial charge in [0.05, 0.1) is 18.2 Å². The highest BCUT2D eigenvalue weighted by atomic mass is 127. The Kier molecular flexibility index (Phi) is 9.05. The Morgan fingerprint density at radius 2 is 2.24 bits per heavy atom. The van der Waals surface area contributed by atoms with Crippen LogP contribution < -0.4 is 15.5 Å². The molecule has 0 unspecified atom stereocenters. The van der Waals surface area contributed by atoms with E-state index in [1.54, 1.807) is 0 Å². The first-order valence-electron chi connectivity index (χ1n) is 8.86. The first-order valence-corrected chi connectivity index (χ1v) is 9.74. The average molecular weight is 476 g/mol. The number of guanidine groups is 1. The Labute approximate surface area is 171 Å². The van der Waals surface area contributed by atoms with Crippen LogP contribution >= 0.6 is 35.3 Å². The molecule has 3 rings (SSSR count). The molecule has 2 aliphatic heterocycles. The SMILES string of the molecule is CN=C(NCCC1=CCOCC1)NC1CCN(c2cccs2)CC1.I. The fourth-order valence-corrected chi connectivity index (χ4v) is 4.00. The molecule has 1 saturated heterocycles. The molecule has 1 aromatic rings. The van der Waals surface area contributed by atoms with Crippen molar-refractivity contribution in [2.75, 3.05) is 44.8 Å². The van der Waals surface area contributed by atoms with Gasteiger partial charge in [-0.3, -0.25) is 4.99 Å². The predicted octanol–water partition coefficient (Wildman–Crippen LogP) is 3.24. The number of halogens is 1. The van der Waals surface area contributed by atoms with Crippen molar-refractivity contribution in [3.05, 3.63) is 29.2 Å². The maximum atomic E-state index is 5.35. The second kappa shape index (κ2) is 11.0. The predicted molar refractivity (Wildman–Crippen MR) is 118 cm³/mol. The van der Waals surface area contributed by atoms with Gasteiger partial charge >= 0.3 is 0 Å². The highest BCUT2D eigenvalue weighted by Gasteiger charge is 2.20. The van der Waals surface area contributed by atoms with Gasteiger partial charge in [0.1, 0.15) is 0 Å². The zero-order valence-corrected chi connectivity index (χ0v) is 18.0. The van der Waals surface area contributed by atoms with Crippen LogP contribution in [-0.2, 0) is 4.74 Å². The number of rotatable bonds is 5. The van der Waals surface area contributed by atoms with Crippen LogP contribution in [0.3, 0.4) is 0 Å². The van der Waals surface area contributed by atoms with E-state index >= 15 is 0 Å². The lowest BCUT2D eigenvalue weighted by Gasteiger charge is -2.33. The van der Waals surface area contributed by atoms with Crippen LogP contribution in [0.25, 0.3) is 0 Å². The van der Waals surface area contributed by atoms with E-state index in [9.17, 15) is 0 Å². The standard InChI is InChI=1S/C18H28N4OS.HI/c1-19-18(20-9-4-15-7-12-23-13-8-15)21-16-5-10-22(11-6-16)17-3-2-14-24-17;/h2-3,7,14,16H,4-6,8-13H2,1H3,(H2,19,20,21);1H. The van der Waals surface area contributed by atoms with Crippen molar-refractivity contribution in [2.45, 2.75) is 31.7 Å². The molecule has 0 saturated carbocycles. The van der Waals surface area contributed by atoms with Gasteiger partial charge in [-0.15, -0.1) is 35.3 Å². The third kappa shape index (κ3) is 6.45. The van der Waals surface area contributed by atoms with Crippen LogP contribution in [0.4, 0.5) is 5.00 Å². The number of hydrogen-bond donors (Lipinski definition) is 2. The van der Waals surface area contributed by atoms with E-state index in [1.807, 2.05) is 18.4 Å². The Balaban J connectivity index is 0.00000225. The molecule has 0 radical (unpaired) electrons. The molecule has 1 fully saturated rings. The molecule has 2 N–H and O–H groups in total. The number of thiophene rings is 1. The highest BCUT2D eigenvalue weighted by Crippen LogP contribution is 2.24. The number of hydrogen-bond acceptors (Lipinski definition) is 4. The quantitative estimate of drug-likeness (QED) is 0.297. The van der Waals surface area contributed by atoms with Crippen LogP contribution in [0.5, 0.6) is 0 Å². The Morgan fingerprint density at radius 3 is 2.88 bits per heavy atom. The van der Waals surface area contributed by atoms with E-state index in [0.29, 0.717) is 6.04 Å². The minimum Gasteiger partial charge on any atom is -0.377 e. The Hall–Kier alpha value is -0.800. The molecule has 140 valence electrons. The molecular formula is C18H29IN4OS. The molecule has 0 aliphatic carbocycles. The summed E-state index contributed by atoms with van der Waals surface area (Å²) in [7, 11) is 1.85. The molecule has 1 aromatic heterocycles. The summed E-state index contributed by atoms with van der Waals surface area (Å²) in [4.78, 5) is 6.86. The van der Waals surface area contributed by atoms with E-state index in [-0.39, 0.29) is 24.0 Å². The van der Waals surface area contributed by atoms with Gasteiger partial charge in [0.15, 0.2) is 5.96 Å². The summed E-state index contributed by atoms with van der Waals surface area (Å²) in [5.74, 6) is 0.928. The molecule has 5 nitrogen and oxygen atoms in total. The second-order valence-corrected chi connectivity index (χ2v) is 7.22. The van der Waals surface area contributed by atoms with Gasteiger partial charge in [-0.05, 0) is 43.2 Å². The molecule has 0 atom stereocenters. The molecule has 0 spiro atoms. The van der Waals surface area contributed by atoms with Crippen LogP contribution in [0.2, 0.25) is 0 Å². The van der Waals surface area contributed by atoms with Crippen molar-refractivity contribution >= 4 is 46.3 Å².